The molecule has 0 aliphatic carbocycles. The molecule has 0 radical (unpaired) electrons. The van der Waals surface area contributed by atoms with Gasteiger partial charge in [0.05, 0.1) is 6.42 Å². The molecule has 4 N–H and O–H groups in total. The maximum Gasteiger partial charge on any atom is 0.228 e. The van der Waals surface area contributed by atoms with Gasteiger partial charge in [-0.3, -0.25) is 4.79 Å². The van der Waals surface area contributed by atoms with Crippen molar-refractivity contribution in [3.8, 4) is 0 Å². The van der Waals surface area contributed by atoms with Crippen molar-refractivity contribution >= 4 is 11.6 Å². The van der Waals surface area contributed by atoms with Gasteiger partial charge in [-0.15, -0.1) is 0 Å². The minimum Gasteiger partial charge on any atom is -0.326 e. The van der Waals surface area contributed by atoms with Gasteiger partial charge in [-0.05, 0) is 55.5 Å². The first kappa shape index (κ1) is 12.6. The molecule has 0 saturated carbocycles. The maximum atomic E-state index is 11.3. The number of fused-ring (bicyclic) bond motifs is 1. The highest BCUT2D eigenvalue weighted by Crippen LogP contribution is 2.29. The standard InChI is InChI=1S/C15H21N3O/c16-13(7-10-3-5-17-6-4-10)11-1-2-14-12(8-11)9-15(19)18-14/h1-2,8,10,13,17H,3-7,9,16H2,(H,18,19). The number of nitrogens with two attached hydrogens (primary N) is 1. The number of hydrogen-bond donors (Lipinski definition) is 3. The molecule has 19 heavy (non-hydrogen) atoms. The zero-order valence-electron chi connectivity index (χ0n) is 11.1. The van der Waals surface area contributed by atoms with E-state index in [2.05, 4.69) is 22.8 Å². The Labute approximate surface area is 113 Å². The van der Waals surface area contributed by atoms with Crippen LogP contribution in [-0.2, 0) is 11.2 Å². The van der Waals surface area contributed by atoms with Crippen molar-refractivity contribution in [3.05, 3.63) is 29.3 Å². The fourth-order valence-corrected chi connectivity index (χ4v) is 3.09. The quantitative estimate of drug-likeness (QED) is 0.772. The van der Waals surface area contributed by atoms with Gasteiger partial charge in [0.2, 0.25) is 5.91 Å². The van der Waals surface area contributed by atoms with E-state index < -0.39 is 0 Å². The predicted molar refractivity (Wildman–Crippen MR) is 75.9 cm³/mol. The zero-order valence-corrected chi connectivity index (χ0v) is 11.1. The van der Waals surface area contributed by atoms with Crippen molar-refractivity contribution in [3.63, 3.8) is 0 Å². The SMILES string of the molecule is NC(CC1CCNCC1)c1ccc2c(c1)CC(=O)N2. The van der Waals surface area contributed by atoms with Gasteiger partial charge in [0, 0.05) is 11.7 Å². The number of rotatable bonds is 3. The van der Waals surface area contributed by atoms with Crippen LogP contribution in [0.2, 0.25) is 0 Å². The van der Waals surface area contributed by atoms with E-state index in [4.69, 9.17) is 5.73 Å². The lowest BCUT2D eigenvalue weighted by Crippen LogP contribution is -2.29. The number of nitrogens with one attached hydrogen (secondary N) is 2. The van der Waals surface area contributed by atoms with E-state index in [0.29, 0.717) is 6.42 Å². The van der Waals surface area contributed by atoms with Crippen LogP contribution in [0.5, 0.6) is 0 Å². The van der Waals surface area contributed by atoms with Crippen molar-refractivity contribution in [1.82, 2.24) is 5.32 Å². The highest BCUT2D eigenvalue weighted by Gasteiger charge is 2.21. The van der Waals surface area contributed by atoms with Crippen molar-refractivity contribution in [2.24, 2.45) is 11.7 Å². The summed E-state index contributed by atoms with van der Waals surface area (Å²) in [6.45, 7) is 2.22. The fraction of sp³-hybridized carbons (Fsp3) is 0.533. The summed E-state index contributed by atoms with van der Waals surface area (Å²) in [6, 6.07) is 6.22. The predicted octanol–water partition coefficient (Wildman–Crippen LogP) is 1.57. The van der Waals surface area contributed by atoms with Crippen LogP contribution >= 0.6 is 0 Å². The van der Waals surface area contributed by atoms with Gasteiger partial charge in [0.1, 0.15) is 0 Å². The lowest BCUT2D eigenvalue weighted by Gasteiger charge is -2.25. The second-order valence-corrected chi connectivity index (χ2v) is 5.68. The minimum atomic E-state index is 0.0825. The summed E-state index contributed by atoms with van der Waals surface area (Å²) in [5, 5.41) is 6.24. The van der Waals surface area contributed by atoms with Crippen LogP contribution in [0.15, 0.2) is 18.2 Å². The van der Waals surface area contributed by atoms with Crippen LogP contribution in [0.3, 0.4) is 0 Å². The van der Waals surface area contributed by atoms with Crippen molar-refractivity contribution in [2.75, 3.05) is 18.4 Å². The molecule has 1 aromatic carbocycles. The van der Waals surface area contributed by atoms with Crippen LogP contribution in [0.1, 0.15) is 36.4 Å². The molecule has 1 amide bonds. The Bertz CT molecular complexity index is 480. The molecule has 0 bridgehead atoms. The van der Waals surface area contributed by atoms with Gasteiger partial charge < -0.3 is 16.4 Å². The number of hydrogen-bond acceptors (Lipinski definition) is 3. The van der Waals surface area contributed by atoms with Gasteiger partial charge in [-0.25, -0.2) is 0 Å². The topological polar surface area (TPSA) is 67.1 Å². The first-order chi connectivity index (χ1) is 9.22. The van der Waals surface area contributed by atoms with Crippen LogP contribution in [0.25, 0.3) is 0 Å². The molecule has 1 atom stereocenters. The number of carbonyl (C=O) groups excluding carboxylic acids is 1. The summed E-state index contributed by atoms with van der Waals surface area (Å²) < 4.78 is 0. The van der Waals surface area contributed by atoms with Crippen molar-refractivity contribution in [1.29, 1.82) is 0 Å². The first-order valence-electron chi connectivity index (χ1n) is 7.11. The van der Waals surface area contributed by atoms with E-state index in [1.165, 1.54) is 12.8 Å². The summed E-state index contributed by atoms with van der Waals surface area (Å²) >= 11 is 0. The average molecular weight is 259 g/mol. The number of benzene rings is 1. The molecule has 3 rings (SSSR count). The zero-order chi connectivity index (χ0) is 13.2. The average Bonchev–Trinajstić information content (AvgIpc) is 2.78. The normalized spacial score (nSPS) is 21.0. The molecule has 1 saturated heterocycles. The minimum absolute atomic E-state index is 0.0825. The monoisotopic (exact) mass is 259 g/mol. The molecule has 1 fully saturated rings. The Morgan fingerprint density at radius 3 is 2.89 bits per heavy atom. The second kappa shape index (κ2) is 5.31. The van der Waals surface area contributed by atoms with Crippen LogP contribution < -0.4 is 16.4 Å². The Morgan fingerprint density at radius 1 is 1.32 bits per heavy atom. The first-order valence-corrected chi connectivity index (χ1v) is 7.11. The largest absolute Gasteiger partial charge is 0.326 e. The number of amides is 1. The van der Waals surface area contributed by atoms with Gasteiger partial charge in [0.15, 0.2) is 0 Å². The second-order valence-electron chi connectivity index (χ2n) is 5.68. The van der Waals surface area contributed by atoms with Crippen LogP contribution in [0, 0.1) is 5.92 Å². The van der Waals surface area contributed by atoms with Gasteiger partial charge in [0.25, 0.3) is 0 Å². The fourth-order valence-electron chi connectivity index (χ4n) is 3.09. The number of carbonyl (C=O) groups is 1. The Morgan fingerprint density at radius 2 is 2.11 bits per heavy atom. The summed E-state index contributed by atoms with van der Waals surface area (Å²) in [7, 11) is 0. The van der Waals surface area contributed by atoms with E-state index in [0.717, 1.165) is 42.2 Å². The van der Waals surface area contributed by atoms with Crippen LogP contribution in [0.4, 0.5) is 5.69 Å². The smallest absolute Gasteiger partial charge is 0.228 e. The van der Waals surface area contributed by atoms with E-state index in [9.17, 15) is 4.79 Å². The van der Waals surface area contributed by atoms with Crippen LogP contribution in [-0.4, -0.2) is 19.0 Å². The molecular weight excluding hydrogens is 238 g/mol. The van der Waals surface area contributed by atoms with Crippen molar-refractivity contribution in [2.45, 2.75) is 31.7 Å². The highest BCUT2D eigenvalue weighted by molar-refractivity contribution is 5.99. The Balaban J connectivity index is 1.68. The molecule has 2 aliphatic rings. The third-order valence-electron chi connectivity index (χ3n) is 4.23. The number of piperidine rings is 1. The molecule has 102 valence electrons. The molecule has 0 aromatic heterocycles. The summed E-state index contributed by atoms with van der Waals surface area (Å²) in [5.41, 5.74) is 9.52. The highest BCUT2D eigenvalue weighted by atomic mass is 16.1. The van der Waals surface area contributed by atoms with E-state index >= 15 is 0 Å². The Kier molecular flexibility index (Phi) is 3.53. The molecule has 4 nitrogen and oxygen atoms in total. The lowest BCUT2D eigenvalue weighted by atomic mass is 9.88. The van der Waals surface area contributed by atoms with E-state index in [1.807, 2.05) is 6.07 Å². The molecule has 2 aliphatic heterocycles. The van der Waals surface area contributed by atoms with E-state index in [1.54, 1.807) is 0 Å². The molecular formula is C15H21N3O. The molecule has 2 heterocycles. The molecule has 4 heteroatoms. The third-order valence-corrected chi connectivity index (χ3v) is 4.23. The van der Waals surface area contributed by atoms with Gasteiger partial charge in [-0.2, -0.15) is 0 Å². The third kappa shape index (κ3) is 2.80. The summed E-state index contributed by atoms with van der Waals surface area (Å²) in [6.07, 6.45) is 3.97. The Hall–Kier alpha value is -1.39. The molecule has 1 unspecified atom stereocenters. The maximum absolute atomic E-state index is 11.3. The van der Waals surface area contributed by atoms with Gasteiger partial charge in [-0.1, -0.05) is 12.1 Å². The number of anilines is 1. The molecule has 1 aromatic rings. The van der Waals surface area contributed by atoms with E-state index in [-0.39, 0.29) is 11.9 Å². The molecule has 0 spiro atoms. The lowest BCUT2D eigenvalue weighted by molar-refractivity contribution is -0.115. The summed E-state index contributed by atoms with van der Waals surface area (Å²) in [4.78, 5) is 11.3. The summed E-state index contributed by atoms with van der Waals surface area (Å²) in [5.74, 6) is 0.809. The van der Waals surface area contributed by atoms with Gasteiger partial charge >= 0.3 is 0 Å². The van der Waals surface area contributed by atoms with Crippen molar-refractivity contribution < 1.29 is 4.79 Å².